The third-order valence-electron chi connectivity index (χ3n) is 4.22. The summed E-state index contributed by atoms with van der Waals surface area (Å²) in [5, 5.41) is 0. The highest BCUT2D eigenvalue weighted by Crippen LogP contribution is 2.27. The van der Waals surface area contributed by atoms with Gasteiger partial charge in [0.25, 0.3) is 0 Å². The Hall–Kier alpha value is -3.40. The molecule has 0 bridgehead atoms. The summed E-state index contributed by atoms with van der Waals surface area (Å²) >= 11 is 0. The van der Waals surface area contributed by atoms with Crippen LogP contribution in [-0.2, 0) is 22.4 Å². The van der Waals surface area contributed by atoms with Gasteiger partial charge >= 0.3 is 11.9 Å². The molecule has 0 N–H and O–H groups in total. The highest BCUT2D eigenvalue weighted by Gasteiger charge is 2.13. The third kappa shape index (κ3) is 6.09. The molecule has 0 aliphatic carbocycles. The van der Waals surface area contributed by atoms with E-state index in [0.717, 1.165) is 11.1 Å². The zero-order valence-electron chi connectivity index (χ0n) is 15.5. The Labute approximate surface area is 164 Å². The van der Waals surface area contributed by atoms with Crippen LogP contribution in [0.1, 0.15) is 24.0 Å². The largest absolute Gasteiger partial charge is 0.423 e. The van der Waals surface area contributed by atoms with Crippen LogP contribution in [0.25, 0.3) is 0 Å². The van der Waals surface area contributed by atoms with Gasteiger partial charge in [-0.3, -0.25) is 9.59 Å². The minimum absolute atomic E-state index is 0.250. The Morgan fingerprint density at radius 3 is 1.29 bits per heavy atom. The molecule has 4 heteroatoms. The molecule has 0 aliphatic heterocycles. The molecule has 0 atom stereocenters. The van der Waals surface area contributed by atoms with Crippen molar-refractivity contribution >= 4 is 11.9 Å². The van der Waals surface area contributed by atoms with Gasteiger partial charge in [-0.2, -0.15) is 0 Å². The average Bonchev–Trinajstić information content (AvgIpc) is 2.74. The lowest BCUT2D eigenvalue weighted by Crippen LogP contribution is -2.13. The fourth-order valence-electron chi connectivity index (χ4n) is 2.75. The van der Waals surface area contributed by atoms with Crippen LogP contribution in [0.3, 0.4) is 0 Å². The summed E-state index contributed by atoms with van der Waals surface area (Å²) in [4.78, 5) is 24.3. The predicted octanol–water partition coefficient (Wildman–Crippen LogP) is 4.76. The van der Waals surface area contributed by atoms with Crippen molar-refractivity contribution in [3.63, 3.8) is 0 Å². The first-order valence-electron chi connectivity index (χ1n) is 9.29. The average molecular weight is 374 g/mol. The molecule has 0 radical (unpaired) electrons. The summed E-state index contributed by atoms with van der Waals surface area (Å²) in [7, 11) is 0. The maximum Gasteiger partial charge on any atom is 0.311 e. The Morgan fingerprint density at radius 1 is 0.536 bits per heavy atom. The Kier molecular flexibility index (Phi) is 6.96. The van der Waals surface area contributed by atoms with Crippen LogP contribution in [0.4, 0.5) is 0 Å². The molecule has 0 aromatic heterocycles. The maximum absolute atomic E-state index is 12.2. The van der Waals surface area contributed by atoms with Crippen LogP contribution in [0, 0.1) is 0 Å². The number of hydrogen-bond acceptors (Lipinski definition) is 4. The molecule has 0 spiro atoms. The van der Waals surface area contributed by atoms with E-state index in [1.807, 2.05) is 60.7 Å². The van der Waals surface area contributed by atoms with E-state index in [0.29, 0.717) is 12.8 Å². The molecule has 0 heterocycles. The number of rotatable bonds is 8. The second-order valence-electron chi connectivity index (χ2n) is 6.37. The van der Waals surface area contributed by atoms with Gasteiger partial charge in [-0.1, -0.05) is 72.8 Å². The Bertz CT molecular complexity index is 828. The number of carbonyl (C=O) groups is 2. The lowest BCUT2D eigenvalue weighted by Gasteiger charge is -2.10. The van der Waals surface area contributed by atoms with Crippen molar-refractivity contribution in [3.05, 3.63) is 96.1 Å². The van der Waals surface area contributed by atoms with E-state index in [1.54, 1.807) is 24.3 Å². The normalized spacial score (nSPS) is 10.3. The SMILES string of the molecule is O=C(CCc1ccccc1)Oc1ccccc1OC(=O)CCc1ccccc1. The zero-order chi connectivity index (χ0) is 19.6. The molecule has 0 unspecified atom stereocenters. The number of aryl methyl sites for hydroxylation is 2. The first-order valence-corrected chi connectivity index (χ1v) is 9.29. The van der Waals surface area contributed by atoms with Crippen molar-refractivity contribution in [3.8, 4) is 11.5 Å². The fraction of sp³-hybridized carbons (Fsp3) is 0.167. The third-order valence-corrected chi connectivity index (χ3v) is 4.22. The highest BCUT2D eigenvalue weighted by molar-refractivity contribution is 5.76. The summed E-state index contributed by atoms with van der Waals surface area (Å²) < 4.78 is 10.8. The number of esters is 2. The fourth-order valence-corrected chi connectivity index (χ4v) is 2.75. The lowest BCUT2D eigenvalue weighted by molar-refractivity contribution is -0.137. The molecule has 0 saturated carbocycles. The smallest absolute Gasteiger partial charge is 0.311 e. The molecule has 4 nitrogen and oxygen atoms in total. The molecule has 0 saturated heterocycles. The van der Waals surface area contributed by atoms with Gasteiger partial charge in [0.15, 0.2) is 11.5 Å². The number of carbonyl (C=O) groups excluding carboxylic acids is 2. The minimum atomic E-state index is -0.364. The molecule has 0 fully saturated rings. The molecule has 142 valence electrons. The standard InChI is InChI=1S/C24H22O4/c25-23(17-15-19-9-3-1-4-10-19)27-21-13-7-8-14-22(21)28-24(26)18-16-20-11-5-2-6-12-20/h1-14H,15-18H2. The van der Waals surface area contributed by atoms with E-state index < -0.39 is 0 Å². The summed E-state index contributed by atoms with van der Waals surface area (Å²) in [5.41, 5.74) is 2.14. The summed E-state index contributed by atoms with van der Waals surface area (Å²) in [6, 6.07) is 26.2. The zero-order valence-corrected chi connectivity index (χ0v) is 15.5. The van der Waals surface area contributed by atoms with Crippen LogP contribution < -0.4 is 9.47 Å². The lowest BCUT2D eigenvalue weighted by atomic mass is 10.1. The second kappa shape index (κ2) is 10.1. The molecule has 28 heavy (non-hydrogen) atoms. The van der Waals surface area contributed by atoms with Crippen LogP contribution >= 0.6 is 0 Å². The van der Waals surface area contributed by atoms with Crippen molar-refractivity contribution in [1.82, 2.24) is 0 Å². The Balaban J connectivity index is 1.53. The predicted molar refractivity (Wildman–Crippen MR) is 107 cm³/mol. The van der Waals surface area contributed by atoms with E-state index >= 15 is 0 Å². The maximum atomic E-state index is 12.2. The van der Waals surface area contributed by atoms with Crippen LogP contribution in [0.2, 0.25) is 0 Å². The van der Waals surface area contributed by atoms with E-state index in [-0.39, 0.29) is 36.3 Å². The van der Waals surface area contributed by atoms with Crippen molar-refractivity contribution in [2.45, 2.75) is 25.7 Å². The highest BCUT2D eigenvalue weighted by atomic mass is 16.6. The van der Waals surface area contributed by atoms with E-state index in [2.05, 4.69) is 0 Å². The van der Waals surface area contributed by atoms with E-state index in [9.17, 15) is 9.59 Å². The first kappa shape index (κ1) is 19.4. The van der Waals surface area contributed by atoms with Gasteiger partial charge in [-0.25, -0.2) is 0 Å². The molecular weight excluding hydrogens is 352 g/mol. The molecule has 0 amide bonds. The van der Waals surface area contributed by atoms with Crippen LogP contribution in [0.5, 0.6) is 11.5 Å². The Morgan fingerprint density at radius 2 is 0.893 bits per heavy atom. The van der Waals surface area contributed by atoms with Crippen molar-refractivity contribution in [1.29, 1.82) is 0 Å². The van der Waals surface area contributed by atoms with Gasteiger partial charge in [0.05, 0.1) is 0 Å². The number of para-hydroxylation sites is 2. The molecule has 0 aliphatic rings. The summed E-state index contributed by atoms with van der Waals surface area (Å²) in [6.45, 7) is 0. The van der Waals surface area contributed by atoms with Crippen molar-refractivity contribution < 1.29 is 19.1 Å². The van der Waals surface area contributed by atoms with E-state index in [1.165, 1.54) is 0 Å². The summed E-state index contributed by atoms with van der Waals surface area (Å²) in [5.74, 6) is -0.212. The summed E-state index contributed by atoms with van der Waals surface area (Å²) in [6.07, 6.45) is 1.69. The van der Waals surface area contributed by atoms with Gasteiger partial charge < -0.3 is 9.47 Å². The second-order valence-corrected chi connectivity index (χ2v) is 6.37. The van der Waals surface area contributed by atoms with Crippen LogP contribution in [0.15, 0.2) is 84.9 Å². The molecule has 3 aromatic rings. The monoisotopic (exact) mass is 374 g/mol. The van der Waals surface area contributed by atoms with E-state index in [4.69, 9.17) is 9.47 Å². The number of hydrogen-bond donors (Lipinski definition) is 0. The molecular formula is C24H22O4. The van der Waals surface area contributed by atoms with Crippen molar-refractivity contribution in [2.24, 2.45) is 0 Å². The number of ether oxygens (including phenoxy) is 2. The van der Waals surface area contributed by atoms with Crippen molar-refractivity contribution in [2.75, 3.05) is 0 Å². The van der Waals surface area contributed by atoms with Crippen LogP contribution in [-0.4, -0.2) is 11.9 Å². The van der Waals surface area contributed by atoms with Gasteiger partial charge in [0, 0.05) is 12.8 Å². The van der Waals surface area contributed by atoms with Gasteiger partial charge in [0.1, 0.15) is 0 Å². The molecule has 3 rings (SSSR count). The quantitative estimate of drug-likeness (QED) is 0.421. The number of benzene rings is 3. The van der Waals surface area contributed by atoms with Gasteiger partial charge in [-0.05, 0) is 36.1 Å². The minimum Gasteiger partial charge on any atom is -0.423 e. The topological polar surface area (TPSA) is 52.6 Å². The first-order chi connectivity index (χ1) is 13.7. The van der Waals surface area contributed by atoms with Gasteiger partial charge in [0.2, 0.25) is 0 Å². The molecule has 3 aromatic carbocycles. The van der Waals surface area contributed by atoms with Gasteiger partial charge in [-0.15, -0.1) is 0 Å².